The van der Waals surface area contributed by atoms with Crippen molar-refractivity contribution in [2.24, 2.45) is 4.99 Å². The molecule has 0 aliphatic carbocycles. The first kappa shape index (κ1) is 25.7. The normalized spacial score (nSPS) is 12.4. The summed E-state index contributed by atoms with van der Waals surface area (Å²) in [5, 5.41) is 9.01. The van der Waals surface area contributed by atoms with Crippen LogP contribution < -0.4 is 16.0 Å². The number of benzene rings is 1. The Labute approximate surface area is 179 Å². The first-order chi connectivity index (χ1) is 14.0. The van der Waals surface area contributed by atoms with Gasteiger partial charge in [-0.3, -0.25) is 10.3 Å². The highest BCUT2D eigenvalue weighted by atomic mass is 32.2. The molecule has 0 aliphatic rings. The Morgan fingerprint density at radius 1 is 1.07 bits per heavy atom. The van der Waals surface area contributed by atoms with Crippen LogP contribution in [-0.2, 0) is 25.7 Å². The van der Waals surface area contributed by atoms with Gasteiger partial charge in [0.15, 0.2) is 5.96 Å². The van der Waals surface area contributed by atoms with Gasteiger partial charge < -0.3 is 20.1 Å². The summed E-state index contributed by atoms with van der Waals surface area (Å²) in [6.45, 7) is 7.22. The van der Waals surface area contributed by atoms with E-state index in [1.54, 1.807) is 7.05 Å². The molecule has 1 rings (SSSR count). The number of ether oxygens (including phenoxy) is 2. The van der Waals surface area contributed by atoms with Gasteiger partial charge in [-0.25, -0.2) is 13.2 Å². The van der Waals surface area contributed by atoms with E-state index in [0.717, 1.165) is 12.0 Å². The molecule has 1 aromatic carbocycles. The van der Waals surface area contributed by atoms with Crippen molar-refractivity contribution in [3.63, 3.8) is 0 Å². The zero-order chi connectivity index (χ0) is 22.6. The summed E-state index contributed by atoms with van der Waals surface area (Å²) in [4.78, 5) is 15.9. The summed E-state index contributed by atoms with van der Waals surface area (Å²) in [6, 6.07) is 7.56. The van der Waals surface area contributed by atoms with Gasteiger partial charge in [-0.05, 0) is 44.9 Å². The molecule has 0 saturated carbocycles. The summed E-state index contributed by atoms with van der Waals surface area (Å²) in [5.41, 5.74) is 1.25. The Kier molecular flexibility index (Phi) is 10.6. The molecule has 0 radical (unpaired) electrons. The molecule has 170 valence electrons. The smallest absolute Gasteiger partial charge is 0.412 e. The van der Waals surface area contributed by atoms with Crippen LogP contribution in [0.15, 0.2) is 29.3 Å². The second kappa shape index (κ2) is 12.4. The molecule has 30 heavy (non-hydrogen) atoms. The van der Waals surface area contributed by atoms with Crippen molar-refractivity contribution < 1.29 is 22.7 Å². The topological polar surface area (TPSA) is 118 Å². The second-order valence-electron chi connectivity index (χ2n) is 7.74. The third-order valence-corrected chi connectivity index (χ3v) is 4.57. The fraction of sp³-hybridized carbons (Fsp3) is 0.600. The minimum atomic E-state index is -3.00. The van der Waals surface area contributed by atoms with E-state index in [0.29, 0.717) is 31.3 Å². The zero-order valence-electron chi connectivity index (χ0n) is 18.4. The Morgan fingerprint density at radius 3 is 2.27 bits per heavy atom. The third kappa shape index (κ3) is 13.0. The molecule has 0 bridgehead atoms. The fourth-order valence-corrected chi connectivity index (χ4v) is 2.70. The molecule has 0 aromatic heterocycles. The average Bonchev–Trinajstić information content (AvgIpc) is 2.62. The van der Waals surface area contributed by atoms with E-state index in [4.69, 9.17) is 9.47 Å². The molecule has 1 amide bonds. The number of guanidine groups is 1. The van der Waals surface area contributed by atoms with Crippen molar-refractivity contribution in [3.8, 4) is 0 Å². The Hall–Kier alpha value is -2.33. The van der Waals surface area contributed by atoms with Crippen LogP contribution in [0.5, 0.6) is 0 Å². The van der Waals surface area contributed by atoms with Gasteiger partial charge in [-0.2, -0.15) is 0 Å². The van der Waals surface area contributed by atoms with Gasteiger partial charge in [0.2, 0.25) is 0 Å². The molecule has 0 aliphatic heterocycles. The largest absolute Gasteiger partial charge is 0.444 e. The highest BCUT2D eigenvalue weighted by Gasteiger charge is 2.16. The van der Waals surface area contributed by atoms with E-state index in [-0.39, 0.29) is 12.4 Å². The Bertz CT molecular complexity index is 786. The number of nitrogens with one attached hydrogen (secondary N) is 3. The number of hydrogen-bond acceptors (Lipinski definition) is 6. The third-order valence-electron chi connectivity index (χ3n) is 3.67. The molecule has 10 heteroatoms. The molecule has 9 nitrogen and oxygen atoms in total. The zero-order valence-corrected chi connectivity index (χ0v) is 19.3. The average molecular weight is 443 g/mol. The molecule has 0 fully saturated rings. The molecular weight excluding hydrogens is 408 g/mol. The van der Waals surface area contributed by atoms with Crippen molar-refractivity contribution in [2.75, 3.05) is 50.7 Å². The molecule has 0 saturated heterocycles. The fourth-order valence-electron chi connectivity index (χ4n) is 2.28. The summed E-state index contributed by atoms with van der Waals surface area (Å²) >= 11 is 0. The number of carbonyl (C=O) groups is 1. The molecule has 0 spiro atoms. The number of anilines is 1. The minimum Gasteiger partial charge on any atom is -0.444 e. The second-order valence-corrected chi connectivity index (χ2v) is 10.0. The van der Waals surface area contributed by atoms with E-state index in [1.165, 1.54) is 6.26 Å². The lowest BCUT2D eigenvalue weighted by atomic mass is 10.1. The summed E-state index contributed by atoms with van der Waals surface area (Å²) in [5.74, 6) is 0.663. The van der Waals surface area contributed by atoms with Crippen LogP contribution >= 0.6 is 0 Å². The summed E-state index contributed by atoms with van der Waals surface area (Å²) in [7, 11) is -1.32. The van der Waals surface area contributed by atoms with Crippen LogP contribution in [0, 0.1) is 0 Å². The molecule has 3 N–H and O–H groups in total. The maximum absolute atomic E-state index is 11.8. The van der Waals surface area contributed by atoms with E-state index in [1.807, 2.05) is 45.0 Å². The predicted molar refractivity (Wildman–Crippen MR) is 120 cm³/mol. The molecule has 0 heterocycles. The van der Waals surface area contributed by atoms with E-state index in [2.05, 4.69) is 20.9 Å². The van der Waals surface area contributed by atoms with E-state index in [9.17, 15) is 13.2 Å². The number of rotatable bonds is 10. The quantitative estimate of drug-likeness (QED) is 0.287. The SMILES string of the molecule is CN=C(NCCOCCS(C)(=O)=O)NCCc1ccc(NC(=O)OC(C)(C)C)cc1. The predicted octanol–water partition coefficient (Wildman–Crippen LogP) is 1.80. The van der Waals surface area contributed by atoms with Gasteiger partial charge in [0.05, 0.1) is 19.0 Å². The number of sulfone groups is 1. The minimum absolute atomic E-state index is 0.0199. The van der Waals surface area contributed by atoms with Gasteiger partial charge in [0, 0.05) is 32.1 Å². The van der Waals surface area contributed by atoms with Crippen molar-refractivity contribution in [1.82, 2.24) is 10.6 Å². The first-order valence-electron chi connectivity index (χ1n) is 9.77. The van der Waals surface area contributed by atoms with Crippen LogP contribution in [0.2, 0.25) is 0 Å². The lowest BCUT2D eigenvalue weighted by Crippen LogP contribution is -2.39. The standard InChI is InChI=1S/C20H34N4O5S/c1-20(2,3)29-19(25)24-17-8-6-16(7-9-17)10-11-22-18(21-4)23-12-13-28-14-15-30(5,26)27/h6-9H,10-15H2,1-5H3,(H,24,25)(H2,21,22,23). The van der Waals surface area contributed by atoms with Crippen LogP contribution in [0.3, 0.4) is 0 Å². The highest BCUT2D eigenvalue weighted by Crippen LogP contribution is 2.13. The van der Waals surface area contributed by atoms with Crippen molar-refractivity contribution in [2.45, 2.75) is 32.8 Å². The van der Waals surface area contributed by atoms with Crippen LogP contribution in [-0.4, -0.2) is 71.4 Å². The maximum Gasteiger partial charge on any atom is 0.412 e. The molecular formula is C20H34N4O5S. The van der Waals surface area contributed by atoms with E-state index >= 15 is 0 Å². The number of carbonyl (C=O) groups excluding carboxylic acids is 1. The maximum atomic E-state index is 11.8. The Morgan fingerprint density at radius 2 is 1.70 bits per heavy atom. The van der Waals surface area contributed by atoms with Gasteiger partial charge in [-0.15, -0.1) is 0 Å². The molecule has 0 atom stereocenters. The lowest BCUT2D eigenvalue weighted by molar-refractivity contribution is 0.0636. The number of amides is 1. The van der Waals surface area contributed by atoms with Gasteiger partial charge in [0.25, 0.3) is 0 Å². The van der Waals surface area contributed by atoms with Crippen molar-refractivity contribution in [3.05, 3.63) is 29.8 Å². The number of nitrogens with zero attached hydrogens (tertiary/aromatic N) is 1. The molecule has 0 unspecified atom stereocenters. The lowest BCUT2D eigenvalue weighted by Gasteiger charge is -2.19. The molecule has 1 aromatic rings. The summed E-state index contributed by atoms with van der Waals surface area (Å²) < 4.78 is 32.5. The highest BCUT2D eigenvalue weighted by molar-refractivity contribution is 7.90. The van der Waals surface area contributed by atoms with Crippen molar-refractivity contribution in [1.29, 1.82) is 0 Å². The van der Waals surface area contributed by atoms with E-state index < -0.39 is 21.5 Å². The number of hydrogen-bond donors (Lipinski definition) is 3. The first-order valence-corrected chi connectivity index (χ1v) is 11.8. The summed E-state index contributed by atoms with van der Waals surface area (Å²) in [6.07, 6.45) is 1.48. The van der Waals surface area contributed by atoms with Gasteiger partial charge in [-0.1, -0.05) is 12.1 Å². The van der Waals surface area contributed by atoms with Gasteiger partial charge >= 0.3 is 6.09 Å². The number of aliphatic imine (C=N–C) groups is 1. The van der Waals surface area contributed by atoms with Crippen LogP contribution in [0.1, 0.15) is 26.3 Å². The monoisotopic (exact) mass is 442 g/mol. The van der Waals surface area contributed by atoms with Crippen LogP contribution in [0.25, 0.3) is 0 Å². The van der Waals surface area contributed by atoms with Crippen LogP contribution in [0.4, 0.5) is 10.5 Å². The van der Waals surface area contributed by atoms with Gasteiger partial charge in [0.1, 0.15) is 15.4 Å². The Balaban J connectivity index is 2.27. The van der Waals surface area contributed by atoms with Crippen molar-refractivity contribution >= 4 is 27.6 Å².